The van der Waals surface area contributed by atoms with Gasteiger partial charge in [-0.1, -0.05) is 30.2 Å². The molecule has 0 spiro atoms. The number of hydrogen-bond acceptors (Lipinski definition) is 5. The van der Waals surface area contributed by atoms with Gasteiger partial charge in [-0.3, -0.25) is 0 Å². The lowest BCUT2D eigenvalue weighted by atomic mass is 9.72. The van der Waals surface area contributed by atoms with E-state index in [0.29, 0.717) is 22.5 Å². The van der Waals surface area contributed by atoms with E-state index in [1.807, 2.05) is 38.0 Å². The topological polar surface area (TPSA) is 75.7 Å². The Morgan fingerprint density at radius 3 is 2.42 bits per heavy atom. The predicted molar refractivity (Wildman–Crippen MR) is 93.2 cm³/mol. The van der Waals surface area contributed by atoms with Crippen LogP contribution >= 0.6 is 0 Å². The molecule has 121 valence electrons. The van der Waals surface area contributed by atoms with E-state index < -0.39 is 0 Å². The van der Waals surface area contributed by atoms with Crippen molar-refractivity contribution in [2.24, 2.45) is 0 Å². The Morgan fingerprint density at radius 2 is 1.79 bits per heavy atom. The molecule has 2 aromatic carbocycles. The summed E-state index contributed by atoms with van der Waals surface area (Å²) in [6, 6.07) is 10.5. The Balaban J connectivity index is 2.17. The maximum Gasteiger partial charge on any atom is 0.153 e. The molecule has 1 radical (unpaired) electrons. The lowest BCUT2D eigenvalue weighted by molar-refractivity contribution is 0.399. The number of rotatable bonds is 4. The van der Waals surface area contributed by atoms with Crippen LogP contribution in [-0.4, -0.2) is 29.8 Å². The first-order chi connectivity index (χ1) is 11.5. The highest BCUT2D eigenvalue weighted by Gasteiger charge is 2.20. The smallest absolute Gasteiger partial charge is 0.153 e. The third-order valence-electron chi connectivity index (χ3n) is 3.95. The van der Waals surface area contributed by atoms with Crippen molar-refractivity contribution >= 4 is 12.7 Å². The van der Waals surface area contributed by atoms with Crippen molar-refractivity contribution in [3.05, 3.63) is 42.2 Å². The molecule has 5 nitrogen and oxygen atoms in total. The zero-order valence-electron chi connectivity index (χ0n) is 13.7. The van der Waals surface area contributed by atoms with Crippen molar-refractivity contribution in [2.45, 2.75) is 13.7 Å². The number of ether oxygens (including phenoxy) is 1. The summed E-state index contributed by atoms with van der Waals surface area (Å²) < 4.78 is 10.5. The van der Waals surface area contributed by atoms with Gasteiger partial charge in [0.05, 0.1) is 12.7 Å². The minimum absolute atomic E-state index is 0.0185. The van der Waals surface area contributed by atoms with Crippen molar-refractivity contribution in [2.75, 3.05) is 7.11 Å². The summed E-state index contributed by atoms with van der Waals surface area (Å²) in [4.78, 5) is 0. The van der Waals surface area contributed by atoms with Gasteiger partial charge in [-0.2, -0.15) is 0 Å². The highest BCUT2D eigenvalue weighted by atomic mass is 16.5. The molecule has 2 N–H and O–H groups in total. The molecule has 0 unspecified atom stereocenters. The molecule has 3 rings (SSSR count). The molecule has 0 bridgehead atoms. The molecule has 1 heterocycles. The second-order valence-corrected chi connectivity index (χ2v) is 5.41. The number of benzene rings is 2. The Labute approximate surface area is 140 Å². The van der Waals surface area contributed by atoms with Crippen molar-refractivity contribution in [1.29, 1.82) is 0 Å². The summed E-state index contributed by atoms with van der Waals surface area (Å²) >= 11 is 0. The van der Waals surface area contributed by atoms with E-state index in [1.165, 1.54) is 6.07 Å². The van der Waals surface area contributed by atoms with E-state index in [1.54, 1.807) is 20.5 Å². The van der Waals surface area contributed by atoms with Crippen LogP contribution in [0.2, 0.25) is 6.82 Å². The third-order valence-corrected chi connectivity index (χ3v) is 3.95. The number of methoxy groups -OCH3 is 1. The van der Waals surface area contributed by atoms with Crippen molar-refractivity contribution in [3.63, 3.8) is 0 Å². The monoisotopic (exact) mass is 322 g/mol. The molecule has 0 aliphatic rings. The fraction of sp³-hybridized carbons (Fsp3) is 0.167. The Bertz CT molecular complexity index is 871. The van der Waals surface area contributed by atoms with Gasteiger partial charge in [0, 0.05) is 11.6 Å². The molecule has 24 heavy (non-hydrogen) atoms. The summed E-state index contributed by atoms with van der Waals surface area (Å²) in [6.07, 6.45) is 0. The minimum atomic E-state index is -0.0545. The Hall–Kier alpha value is -2.89. The van der Waals surface area contributed by atoms with Crippen LogP contribution in [0.4, 0.5) is 0 Å². The van der Waals surface area contributed by atoms with Gasteiger partial charge in [0.2, 0.25) is 0 Å². The number of aromatic nitrogens is 1. The molecule has 3 aromatic rings. The van der Waals surface area contributed by atoms with E-state index in [0.717, 1.165) is 16.9 Å². The molecule has 6 heteroatoms. The van der Waals surface area contributed by atoms with E-state index in [4.69, 9.17) is 9.26 Å². The first-order valence-corrected chi connectivity index (χ1v) is 7.51. The first kappa shape index (κ1) is 16.0. The number of phenolic OH excluding ortho intramolecular Hbond substituents is 2. The fourth-order valence-corrected chi connectivity index (χ4v) is 2.67. The average molecular weight is 322 g/mol. The zero-order chi connectivity index (χ0) is 17.3. The fourth-order valence-electron chi connectivity index (χ4n) is 2.67. The Kier molecular flexibility index (Phi) is 4.21. The molecule has 0 saturated carbocycles. The number of hydrogen-bond donors (Lipinski definition) is 2. The SMILES string of the molecule is C[B]c1cc(-c2noc(C)c2-c2ccc(OC)cc2)c(O)cc1O. The first-order valence-electron chi connectivity index (χ1n) is 7.51. The summed E-state index contributed by atoms with van der Waals surface area (Å²) in [5.41, 5.74) is 3.34. The van der Waals surface area contributed by atoms with Gasteiger partial charge in [-0.15, -0.1) is 0 Å². The molecule has 0 amide bonds. The van der Waals surface area contributed by atoms with Crippen LogP contribution in [0.3, 0.4) is 0 Å². The highest BCUT2D eigenvalue weighted by molar-refractivity contribution is 6.53. The van der Waals surface area contributed by atoms with Crippen LogP contribution in [0.25, 0.3) is 22.4 Å². The molecular formula is C18H17BNO4. The van der Waals surface area contributed by atoms with Crippen LogP contribution in [0, 0.1) is 6.92 Å². The lowest BCUT2D eigenvalue weighted by Gasteiger charge is -2.09. The highest BCUT2D eigenvalue weighted by Crippen LogP contribution is 2.39. The number of aryl methyl sites for hydroxylation is 1. The number of aromatic hydroxyl groups is 2. The average Bonchev–Trinajstić information content (AvgIpc) is 2.96. The van der Waals surface area contributed by atoms with Crippen LogP contribution in [0.15, 0.2) is 40.9 Å². The van der Waals surface area contributed by atoms with E-state index >= 15 is 0 Å². The van der Waals surface area contributed by atoms with Gasteiger partial charge in [-0.25, -0.2) is 0 Å². The van der Waals surface area contributed by atoms with Gasteiger partial charge in [0.15, 0.2) is 7.28 Å². The Morgan fingerprint density at radius 1 is 1.08 bits per heavy atom. The molecule has 1 aromatic heterocycles. The van der Waals surface area contributed by atoms with Crippen molar-refractivity contribution in [1.82, 2.24) is 5.16 Å². The molecule has 0 atom stereocenters. The quantitative estimate of drug-likeness (QED) is 0.722. The summed E-state index contributed by atoms with van der Waals surface area (Å²) in [6.45, 7) is 3.63. The maximum atomic E-state index is 10.3. The summed E-state index contributed by atoms with van der Waals surface area (Å²) in [5.74, 6) is 1.36. The van der Waals surface area contributed by atoms with Gasteiger partial charge >= 0.3 is 0 Å². The normalized spacial score (nSPS) is 10.6. The third kappa shape index (κ3) is 2.71. The number of nitrogens with zero attached hydrogens (tertiary/aromatic N) is 1. The summed E-state index contributed by atoms with van der Waals surface area (Å²) in [7, 11) is 3.38. The van der Waals surface area contributed by atoms with Crippen LogP contribution < -0.4 is 10.2 Å². The van der Waals surface area contributed by atoms with E-state index in [2.05, 4.69) is 5.16 Å². The largest absolute Gasteiger partial charge is 0.508 e. The molecule has 0 aliphatic carbocycles. The standard InChI is InChI=1S/C18H17BNO4/c1-10-17(11-4-6-12(23-3)7-5-11)18(20-24-10)13-8-14(19-2)16(22)9-15(13)21/h4-9,21-22H,1-3H3. The number of phenols is 2. The predicted octanol–water partition coefficient (Wildman–Crippen LogP) is 3.11. The van der Waals surface area contributed by atoms with Crippen molar-refractivity contribution < 1.29 is 19.5 Å². The zero-order valence-corrected chi connectivity index (χ0v) is 13.7. The van der Waals surface area contributed by atoms with Gasteiger partial charge < -0.3 is 19.5 Å². The summed E-state index contributed by atoms with van der Waals surface area (Å²) in [5, 5.41) is 24.2. The van der Waals surface area contributed by atoms with Crippen LogP contribution in [-0.2, 0) is 0 Å². The van der Waals surface area contributed by atoms with Gasteiger partial charge in [0.1, 0.15) is 28.7 Å². The van der Waals surface area contributed by atoms with Gasteiger partial charge in [-0.05, 0) is 30.1 Å². The minimum Gasteiger partial charge on any atom is -0.508 e. The molecule has 0 fully saturated rings. The maximum absolute atomic E-state index is 10.3. The van der Waals surface area contributed by atoms with E-state index in [9.17, 15) is 10.2 Å². The molecular weight excluding hydrogens is 305 g/mol. The molecule has 0 aliphatic heterocycles. The van der Waals surface area contributed by atoms with Crippen LogP contribution in [0.1, 0.15) is 5.76 Å². The second-order valence-electron chi connectivity index (χ2n) is 5.41. The molecule has 0 saturated heterocycles. The second kappa shape index (κ2) is 6.32. The lowest BCUT2D eigenvalue weighted by Crippen LogP contribution is -2.11. The van der Waals surface area contributed by atoms with E-state index in [-0.39, 0.29) is 11.5 Å². The van der Waals surface area contributed by atoms with Crippen LogP contribution in [0.5, 0.6) is 17.2 Å². The van der Waals surface area contributed by atoms with Gasteiger partial charge in [0.25, 0.3) is 0 Å². The van der Waals surface area contributed by atoms with Crippen molar-refractivity contribution in [3.8, 4) is 39.6 Å².